The number of guanidine groups is 1. The van der Waals surface area contributed by atoms with Gasteiger partial charge in [-0.3, -0.25) is 4.79 Å². The first kappa shape index (κ1) is 24.6. The summed E-state index contributed by atoms with van der Waals surface area (Å²) in [5.41, 5.74) is 1.11. The fourth-order valence-corrected chi connectivity index (χ4v) is 3.82. The van der Waals surface area contributed by atoms with Crippen molar-refractivity contribution in [2.24, 2.45) is 4.99 Å². The van der Waals surface area contributed by atoms with Gasteiger partial charge in [-0.15, -0.1) is 24.0 Å². The van der Waals surface area contributed by atoms with Crippen LogP contribution >= 0.6 is 24.0 Å². The number of carbonyl (C=O) groups excluding carboxylic acids is 1. The lowest BCUT2D eigenvalue weighted by Gasteiger charge is -2.36. The zero-order valence-corrected chi connectivity index (χ0v) is 20.8. The van der Waals surface area contributed by atoms with Crippen LogP contribution in [0.2, 0.25) is 0 Å². The molecule has 0 saturated carbocycles. The van der Waals surface area contributed by atoms with Crippen LogP contribution < -0.4 is 10.2 Å². The molecule has 0 aliphatic carbocycles. The number of pyridine rings is 1. The highest BCUT2D eigenvalue weighted by molar-refractivity contribution is 14.0. The molecule has 1 aromatic heterocycles. The van der Waals surface area contributed by atoms with E-state index in [4.69, 9.17) is 4.99 Å². The lowest BCUT2D eigenvalue weighted by Crippen LogP contribution is -2.53. The summed E-state index contributed by atoms with van der Waals surface area (Å²) in [5, 5.41) is 3.38. The van der Waals surface area contributed by atoms with E-state index >= 15 is 0 Å². The van der Waals surface area contributed by atoms with Crippen LogP contribution in [0.1, 0.15) is 26.3 Å². The van der Waals surface area contributed by atoms with Crippen LogP contribution in [-0.4, -0.2) is 97.0 Å². The zero-order valence-electron chi connectivity index (χ0n) is 18.5. The van der Waals surface area contributed by atoms with Crippen LogP contribution in [0.15, 0.2) is 23.3 Å². The van der Waals surface area contributed by atoms with Gasteiger partial charge in [0, 0.05) is 72.0 Å². The lowest BCUT2D eigenvalue weighted by atomic mass is 10.2. The Labute approximate surface area is 197 Å². The average molecular weight is 529 g/mol. The van der Waals surface area contributed by atoms with Crippen molar-refractivity contribution >= 4 is 41.7 Å². The molecule has 2 saturated heterocycles. The second-order valence-electron chi connectivity index (χ2n) is 7.61. The summed E-state index contributed by atoms with van der Waals surface area (Å²) in [6.45, 7) is 15.9. The molecule has 1 amide bonds. The molecule has 2 aliphatic heterocycles. The van der Waals surface area contributed by atoms with Crippen LogP contribution in [0.5, 0.6) is 0 Å². The highest BCUT2D eigenvalue weighted by atomic mass is 127. The minimum Gasteiger partial charge on any atom is -0.357 e. The van der Waals surface area contributed by atoms with Crippen molar-refractivity contribution in [3.8, 4) is 0 Å². The number of anilines is 1. The number of hydrogen-bond acceptors (Lipinski definition) is 5. The molecule has 2 fully saturated rings. The van der Waals surface area contributed by atoms with Crippen LogP contribution in [0.4, 0.5) is 5.82 Å². The predicted molar refractivity (Wildman–Crippen MR) is 133 cm³/mol. The summed E-state index contributed by atoms with van der Waals surface area (Å²) in [6, 6.07) is 4.25. The summed E-state index contributed by atoms with van der Waals surface area (Å²) < 4.78 is 0. The Morgan fingerprint density at radius 3 is 2.23 bits per heavy atom. The fraction of sp³-hybridized carbons (Fsp3) is 0.667. The van der Waals surface area contributed by atoms with Crippen molar-refractivity contribution < 1.29 is 4.79 Å². The number of rotatable bonds is 5. The summed E-state index contributed by atoms with van der Waals surface area (Å²) in [4.78, 5) is 30.0. The van der Waals surface area contributed by atoms with Crippen molar-refractivity contribution in [1.82, 2.24) is 25.0 Å². The number of likely N-dealkylation sites (N-methyl/N-ethyl adjacent to an activating group) is 1. The molecular formula is C21H36IN7O. The van der Waals surface area contributed by atoms with Crippen LogP contribution in [-0.2, 0) is 11.3 Å². The van der Waals surface area contributed by atoms with E-state index in [0.717, 1.165) is 82.8 Å². The number of nitrogens with one attached hydrogen (secondary N) is 1. The number of carbonyl (C=O) groups is 1. The second kappa shape index (κ2) is 12.3. The van der Waals surface area contributed by atoms with Gasteiger partial charge in [-0.25, -0.2) is 9.98 Å². The first-order chi connectivity index (χ1) is 14.1. The minimum absolute atomic E-state index is 0. The molecule has 0 aromatic carbocycles. The number of nitrogens with zero attached hydrogens (tertiary/aromatic N) is 6. The predicted octanol–water partition coefficient (Wildman–Crippen LogP) is 1.47. The van der Waals surface area contributed by atoms with Crippen LogP contribution in [0.25, 0.3) is 0 Å². The van der Waals surface area contributed by atoms with Gasteiger partial charge in [0.25, 0.3) is 0 Å². The van der Waals surface area contributed by atoms with Gasteiger partial charge < -0.3 is 24.9 Å². The van der Waals surface area contributed by atoms with Gasteiger partial charge in [0.15, 0.2) is 5.96 Å². The molecule has 3 heterocycles. The Hall–Kier alpha value is -1.62. The van der Waals surface area contributed by atoms with Crippen LogP contribution in [0.3, 0.4) is 0 Å². The molecule has 8 nitrogen and oxygen atoms in total. The first-order valence-electron chi connectivity index (χ1n) is 10.8. The number of halogens is 1. The van der Waals surface area contributed by atoms with E-state index in [1.165, 1.54) is 0 Å². The molecule has 9 heteroatoms. The SMILES string of the molecule is CCNC(=NCc1ccc(N2CCN(CC)CC2)nc1)N1CCN(C(C)=O)CC1.I. The monoisotopic (exact) mass is 529 g/mol. The number of amides is 1. The number of aliphatic imine (C=N–C) groups is 1. The maximum Gasteiger partial charge on any atom is 0.219 e. The third-order valence-electron chi connectivity index (χ3n) is 5.72. The molecule has 0 bridgehead atoms. The Bertz CT molecular complexity index is 681. The third-order valence-corrected chi connectivity index (χ3v) is 5.72. The van der Waals surface area contributed by atoms with E-state index in [9.17, 15) is 4.79 Å². The number of piperazine rings is 2. The number of hydrogen-bond donors (Lipinski definition) is 1. The summed E-state index contributed by atoms with van der Waals surface area (Å²) in [7, 11) is 0. The van der Waals surface area contributed by atoms with E-state index in [-0.39, 0.29) is 29.9 Å². The highest BCUT2D eigenvalue weighted by Gasteiger charge is 2.21. The normalized spacial score (nSPS) is 18.2. The molecule has 0 unspecified atom stereocenters. The summed E-state index contributed by atoms with van der Waals surface area (Å²) in [6.07, 6.45) is 1.95. The lowest BCUT2D eigenvalue weighted by molar-refractivity contribution is -0.130. The van der Waals surface area contributed by atoms with Crippen molar-refractivity contribution in [1.29, 1.82) is 0 Å². The maximum absolute atomic E-state index is 11.5. The van der Waals surface area contributed by atoms with E-state index in [0.29, 0.717) is 6.54 Å². The van der Waals surface area contributed by atoms with Gasteiger partial charge in [-0.05, 0) is 25.1 Å². The topological polar surface area (TPSA) is 67.3 Å². The molecule has 3 rings (SSSR count). The standard InChI is InChI=1S/C21H35N7O.HI/c1-4-22-21(28-14-12-26(13-15-28)18(3)29)24-17-19-6-7-20(23-16-19)27-10-8-25(5-2)9-11-27;/h6-7,16H,4-5,8-15,17H2,1-3H3,(H,22,24);1H. The van der Waals surface area contributed by atoms with Crippen molar-refractivity contribution in [3.63, 3.8) is 0 Å². The van der Waals surface area contributed by atoms with Gasteiger partial charge in [0.05, 0.1) is 6.54 Å². The van der Waals surface area contributed by atoms with E-state index in [1.807, 2.05) is 11.1 Å². The summed E-state index contributed by atoms with van der Waals surface area (Å²) >= 11 is 0. The molecule has 30 heavy (non-hydrogen) atoms. The van der Waals surface area contributed by atoms with E-state index < -0.39 is 0 Å². The van der Waals surface area contributed by atoms with Gasteiger partial charge in [0.1, 0.15) is 5.82 Å². The van der Waals surface area contributed by atoms with Crippen molar-refractivity contribution in [3.05, 3.63) is 23.9 Å². The fourth-order valence-electron chi connectivity index (χ4n) is 3.82. The highest BCUT2D eigenvalue weighted by Crippen LogP contribution is 2.14. The smallest absolute Gasteiger partial charge is 0.219 e. The third kappa shape index (κ3) is 6.69. The molecule has 0 spiro atoms. The molecule has 2 aliphatic rings. The molecular weight excluding hydrogens is 493 g/mol. The average Bonchev–Trinajstić information content (AvgIpc) is 2.77. The van der Waals surface area contributed by atoms with Gasteiger partial charge in [-0.1, -0.05) is 13.0 Å². The number of aromatic nitrogens is 1. The molecule has 1 aromatic rings. The van der Waals surface area contributed by atoms with Crippen LogP contribution in [0, 0.1) is 0 Å². The summed E-state index contributed by atoms with van der Waals surface area (Å²) in [5.74, 6) is 2.12. The molecule has 1 N–H and O–H groups in total. The minimum atomic E-state index is 0. The van der Waals surface area contributed by atoms with E-state index in [2.05, 4.69) is 51.0 Å². The van der Waals surface area contributed by atoms with Crippen molar-refractivity contribution in [2.45, 2.75) is 27.3 Å². The largest absolute Gasteiger partial charge is 0.357 e. The van der Waals surface area contributed by atoms with Gasteiger partial charge >= 0.3 is 0 Å². The molecule has 0 atom stereocenters. The Morgan fingerprint density at radius 1 is 1.03 bits per heavy atom. The Balaban J connectivity index is 0.00000320. The quantitative estimate of drug-likeness (QED) is 0.354. The first-order valence-corrected chi connectivity index (χ1v) is 10.8. The van der Waals surface area contributed by atoms with Gasteiger partial charge in [0.2, 0.25) is 5.91 Å². The Kier molecular flexibility index (Phi) is 10.1. The van der Waals surface area contributed by atoms with E-state index in [1.54, 1.807) is 6.92 Å². The molecule has 168 valence electrons. The maximum atomic E-state index is 11.5. The molecule has 0 radical (unpaired) electrons. The zero-order chi connectivity index (χ0) is 20.6. The van der Waals surface area contributed by atoms with Gasteiger partial charge in [-0.2, -0.15) is 0 Å². The van der Waals surface area contributed by atoms with Crippen molar-refractivity contribution in [2.75, 3.05) is 70.3 Å². The Morgan fingerprint density at radius 2 is 1.70 bits per heavy atom. The second-order valence-corrected chi connectivity index (χ2v) is 7.61.